The summed E-state index contributed by atoms with van der Waals surface area (Å²) in [5.41, 5.74) is 1.03. The van der Waals surface area contributed by atoms with Crippen LogP contribution in [0.3, 0.4) is 0 Å². The number of hydrogen-bond acceptors (Lipinski definition) is 3. The number of carbonyl (C=O) groups is 1. The molecule has 1 aromatic rings. The second-order valence-electron chi connectivity index (χ2n) is 5.58. The quantitative estimate of drug-likeness (QED) is 0.788. The van der Waals surface area contributed by atoms with E-state index in [2.05, 4.69) is 47.3 Å². The largest absolute Gasteiger partial charge is 0.483 e. The molecule has 0 heterocycles. The summed E-state index contributed by atoms with van der Waals surface area (Å²) < 4.78 is 6.63. The van der Waals surface area contributed by atoms with E-state index in [1.807, 2.05) is 32.2 Å². The van der Waals surface area contributed by atoms with Crippen molar-refractivity contribution in [3.8, 4) is 5.75 Å². The summed E-state index contributed by atoms with van der Waals surface area (Å²) in [5, 5.41) is 6.12. The number of hydrogen-bond donors (Lipinski definition) is 2. The van der Waals surface area contributed by atoms with Gasteiger partial charge in [0.2, 0.25) is 0 Å². The summed E-state index contributed by atoms with van der Waals surface area (Å²) in [6, 6.07) is 6.15. The van der Waals surface area contributed by atoms with E-state index in [1.165, 1.54) is 0 Å². The van der Waals surface area contributed by atoms with Crippen molar-refractivity contribution in [3.05, 3.63) is 28.2 Å². The third kappa shape index (κ3) is 5.67. The third-order valence-corrected chi connectivity index (χ3v) is 4.12. The van der Waals surface area contributed by atoms with Gasteiger partial charge in [0.15, 0.2) is 6.61 Å². The molecule has 0 saturated carbocycles. The molecule has 0 aliphatic heterocycles. The molecular weight excluding hydrogens is 332 g/mol. The summed E-state index contributed by atoms with van der Waals surface area (Å²) in [7, 11) is 1.90. The van der Waals surface area contributed by atoms with Gasteiger partial charge in [0, 0.05) is 22.1 Å². The van der Waals surface area contributed by atoms with Gasteiger partial charge >= 0.3 is 0 Å². The molecular formula is C16H25BrN2O2. The summed E-state index contributed by atoms with van der Waals surface area (Å²) in [5.74, 6) is 1.03. The maximum Gasteiger partial charge on any atom is 0.258 e. The van der Waals surface area contributed by atoms with Gasteiger partial charge in [-0.2, -0.15) is 0 Å². The minimum Gasteiger partial charge on any atom is -0.483 e. The lowest BCUT2D eigenvalue weighted by atomic mass is 10.1. The normalized spacial score (nSPS) is 13.9. The average Bonchev–Trinajstić information content (AvgIpc) is 2.44. The van der Waals surface area contributed by atoms with Gasteiger partial charge in [-0.3, -0.25) is 4.79 Å². The molecule has 1 aromatic carbocycles. The first-order valence-electron chi connectivity index (χ1n) is 7.24. The molecule has 0 aromatic heterocycles. The Bertz CT molecular complexity index is 477. The first-order chi connectivity index (χ1) is 9.85. The molecule has 0 spiro atoms. The zero-order valence-corrected chi connectivity index (χ0v) is 15.0. The maximum absolute atomic E-state index is 11.9. The molecule has 2 N–H and O–H groups in total. The molecule has 0 bridgehead atoms. The fourth-order valence-electron chi connectivity index (χ4n) is 1.75. The predicted molar refractivity (Wildman–Crippen MR) is 89.6 cm³/mol. The van der Waals surface area contributed by atoms with E-state index >= 15 is 0 Å². The van der Waals surface area contributed by atoms with E-state index in [0.717, 1.165) is 15.8 Å². The van der Waals surface area contributed by atoms with Crippen molar-refractivity contribution >= 4 is 21.8 Å². The summed E-state index contributed by atoms with van der Waals surface area (Å²) in [6.45, 7) is 8.23. The lowest BCUT2D eigenvalue weighted by Crippen LogP contribution is -2.39. The lowest BCUT2D eigenvalue weighted by Gasteiger charge is -2.19. The molecule has 0 radical (unpaired) electrons. The zero-order chi connectivity index (χ0) is 16.0. The van der Waals surface area contributed by atoms with Crippen molar-refractivity contribution in [1.29, 1.82) is 0 Å². The molecule has 0 saturated heterocycles. The van der Waals surface area contributed by atoms with Crippen LogP contribution in [0.15, 0.2) is 22.7 Å². The first kappa shape index (κ1) is 18.0. The van der Waals surface area contributed by atoms with Gasteiger partial charge in [-0.1, -0.05) is 35.8 Å². The molecule has 2 atom stereocenters. The van der Waals surface area contributed by atoms with Gasteiger partial charge in [0.25, 0.3) is 5.91 Å². The lowest BCUT2D eigenvalue weighted by molar-refractivity contribution is -0.124. The molecule has 21 heavy (non-hydrogen) atoms. The van der Waals surface area contributed by atoms with Crippen LogP contribution < -0.4 is 15.4 Å². The molecule has 0 aliphatic rings. The fraction of sp³-hybridized carbons (Fsp3) is 0.562. The van der Waals surface area contributed by atoms with E-state index in [-0.39, 0.29) is 24.6 Å². The van der Waals surface area contributed by atoms with Crippen molar-refractivity contribution < 1.29 is 9.53 Å². The Morgan fingerprint density at radius 2 is 1.95 bits per heavy atom. The standard InChI is InChI=1S/C16H25BrN2O2/c1-10(2)11(3)19-16(20)9-21-15-8-13(17)6-7-14(15)12(4)18-5/h6-8,10-12,18H,9H2,1-5H3,(H,19,20). The van der Waals surface area contributed by atoms with E-state index < -0.39 is 0 Å². The second-order valence-corrected chi connectivity index (χ2v) is 6.50. The number of nitrogens with one attached hydrogen (secondary N) is 2. The van der Waals surface area contributed by atoms with Crippen LogP contribution in [0.4, 0.5) is 0 Å². The smallest absolute Gasteiger partial charge is 0.258 e. The van der Waals surface area contributed by atoms with Crippen molar-refractivity contribution in [2.75, 3.05) is 13.7 Å². The Hall–Kier alpha value is -1.07. The van der Waals surface area contributed by atoms with E-state index in [9.17, 15) is 4.79 Å². The van der Waals surface area contributed by atoms with Crippen LogP contribution in [-0.4, -0.2) is 25.6 Å². The highest BCUT2D eigenvalue weighted by Crippen LogP contribution is 2.28. The van der Waals surface area contributed by atoms with Crippen LogP contribution in [0.2, 0.25) is 0 Å². The molecule has 1 rings (SSSR count). The first-order valence-corrected chi connectivity index (χ1v) is 8.03. The molecule has 0 aliphatic carbocycles. The Balaban J connectivity index is 2.70. The van der Waals surface area contributed by atoms with Crippen molar-refractivity contribution in [2.24, 2.45) is 5.92 Å². The summed E-state index contributed by atoms with van der Waals surface area (Å²) in [6.07, 6.45) is 0. The highest BCUT2D eigenvalue weighted by Gasteiger charge is 2.14. The molecule has 2 unspecified atom stereocenters. The summed E-state index contributed by atoms with van der Waals surface area (Å²) >= 11 is 3.43. The minimum absolute atomic E-state index is 0.0247. The Labute approximate surface area is 135 Å². The number of rotatable bonds is 7. The minimum atomic E-state index is -0.0979. The highest BCUT2D eigenvalue weighted by molar-refractivity contribution is 9.10. The van der Waals surface area contributed by atoms with Gasteiger partial charge < -0.3 is 15.4 Å². The number of halogens is 1. The van der Waals surface area contributed by atoms with Crippen molar-refractivity contribution in [2.45, 2.75) is 39.8 Å². The number of ether oxygens (including phenoxy) is 1. The zero-order valence-electron chi connectivity index (χ0n) is 13.4. The number of benzene rings is 1. The van der Waals surface area contributed by atoms with Gasteiger partial charge in [0.05, 0.1) is 0 Å². The third-order valence-electron chi connectivity index (χ3n) is 3.62. The topological polar surface area (TPSA) is 50.4 Å². The van der Waals surface area contributed by atoms with Crippen LogP contribution in [0, 0.1) is 5.92 Å². The van der Waals surface area contributed by atoms with Crippen LogP contribution in [0.25, 0.3) is 0 Å². The van der Waals surface area contributed by atoms with E-state index in [0.29, 0.717) is 5.92 Å². The summed E-state index contributed by atoms with van der Waals surface area (Å²) in [4.78, 5) is 11.9. The van der Waals surface area contributed by atoms with Gasteiger partial charge in [-0.25, -0.2) is 0 Å². The highest BCUT2D eigenvalue weighted by atomic mass is 79.9. The monoisotopic (exact) mass is 356 g/mol. The van der Waals surface area contributed by atoms with E-state index in [4.69, 9.17) is 4.74 Å². The van der Waals surface area contributed by atoms with Crippen molar-refractivity contribution in [3.63, 3.8) is 0 Å². The Morgan fingerprint density at radius 3 is 2.52 bits per heavy atom. The Kier molecular flexibility index (Phi) is 7.18. The molecule has 5 heteroatoms. The van der Waals surface area contributed by atoms with Gasteiger partial charge in [0.1, 0.15) is 5.75 Å². The molecule has 1 amide bonds. The SMILES string of the molecule is CNC(C)c1ccc(Br)cc1OCC(=O)NC(C)C(C)C. The predicted octanol–water partition coefficient (Wildman–Crippen LogP) is 3.27. The van der Waals surface area contributed by atoms with Crippen molar-refractivity contribution in [1.82, 2.24) is 10.6 Å². The second kappa shape index (κ2) is 8.39. The van der Waals surface area contributed by atoms with Crippen LogP contribution in [0.1, 0.15) is 39.3 Å². The average molecular weight is 357 g/mol. The molecule has 0 fully saturated rings. The number of amides is 1. The number of carbonyl (C=O) groups excluding carboxylic acids is 1. The molecule has 118 valence electrons. The fourth-order valence-corrected chi connectivity index (χ4v) is 2.09. The van der Waals surface area contributed by atoms with E-state index in [1.54, 1.807) is 0 Å². The van der Waals surface area contributed by atoms with Gasteiger partial charge in [-0.05, 0) is 38.9 Å². The van der Waals surface area contributed by atoms with Crippen LogP contribution >= 0.6 is 15.9 Å². The Morgan fingerprint density at radius 1 is 1.29 bits per heavy atom. The van der Waals surface area contributed by atoms with Crippen LogP contribution in [0.5, 0.6) is 5.75 Å². The molecule has 4 nitrogen and oxygen atoms in total. The van der Waals surface area contributed by atoms with Crippen LogP contribution in [-0.2, 0) is 4.79 Å². The van der Waals surface area contributed by atoms with Gasteiger partial charge in [-0.15, -0.1) is 0 Å². The maximum atomic E-state index is 11.9.